The second kappa shape index (κ2) is 13.8. The standard InChI is InChI=1S/C34H35FN8O5/c1-23(42(29-13-12-26(47-2)20-30(29)48-3)34(46)37-25-10-8-24(35)9-11-25)32-38-28-7-5-4-6-27(28)33(45)43(32)41-18-16-40(17-19-41)31(44)21-39-15-14-36-22-39/h4-15,20,22-23H,16-19,21H2,1-3H3,(H,37,46). The Bertz CT molecular complexity index is 1970. The third-order valence-corrected chi connectivity index (χ3v) is 8.27. The number of amides is 3. The van der Waals surface area contributed by atoms with E-state index in [0.29, 0.717) is 65.8 Å². The molecule has 14 heteroatoms. The Morgan fingerprint density at radius 2 is 1.75 bits per heavy atom. The number of benzene rings is 3. The lowest BCUT2D eigenvalue weighted by molar-refractivity contribution is -0.132. The number of aromatic nitrogens is 4. The molecule has 3 amide bonds. The van der Waals surface area contributed by atoms with Crippen molar-refractivity contribution in [3.8, 4) is 11.5 Å². The molecule has 1 N–H and O–H groups in total. The molecular formula is C34H35FN8O5. The van der Waals surface area contributed by atoms with E-state index in [2.05, 4.69) is 10.3 Å². The third kappa shape index (κ3) is 6.49. The Hall–Kier alpha value is -5.92. The molecule has 1 aliphatic heterocycles. The summed E-state index contributed by atoms with van der Waals surface area (Å²) < 4.78 is 28.0. The van der Waals surface area contributed by atoms with Crippen molar-refractivity contribution in [1.29, 1.82) is 0 Å². The van der Waals surface area contributed by atoms with Gasteiger partial charge in [-0.1, -0.05) is 12.1 Å². The van der Waals surface area contributed by atoms with Crippen molar-refractivity contribution in [3.05, 3.63) is 107 Å². The largest absolute Gasteiger partial charge is 0.497 e. The molecule has 5 aromatic rings. The molecule has 13 nitrogen and oxygen atoms in total. The number of rotatable bonds is 9. The number of ether oxygens (including phenoxy) is 2. The molecule has 48 heavy (non-hydrogen) atoms. The van der Waals surface area contributed by atoms with Crippen molar-refractivity contribution in [2.45, 2.75) is 19.5 Å². The van der Waals surface area contributed by atoms with Gasteiger partial charge in [0.2, 0.25) is 5.91 Å². The fourth-order valence-electron chi connectivity index (χ4n) is 5.78. The molecule has 2 aromatic heterocycles. The van der Waals surface area contributed by atoms with Crippen LogP contribution < -0.4 is 30.3 Å². The number of nitrogens with zero attached hydrogens (tertiary/aromatic N) is 7. The number of para-hydroxylation sites is 1. The molecule has 6 rings (SSSR count). The van der Waals surface area contributed by atoms with Crippen LogP contribution in [0.1, 0.15) is 18.8 Å². The van der Waals surface area contributed by atoms with Crippen LogP contribution in [-0.4, -0.2) is 76.4 Å². The highest BCUT2D eigenvalue weighted by atomic mass is 19.1. The number of piperazine rings is 1. The van der Waals surface area contributed by atoms with Crippen LogP contribution in [0.25, 0.3) is 10.9 Å². The highest BCUT2D eigenvalue weighted by molar-refractivity contribution is 6.03. The van der Waals surface area contributed by atoms with E-state index in [1.54, 1.807) is 77.6 Å². The van der Waals surface area contributed by atoms with Gasteiger partial charge in [0.1, 0.15) is 23.9 Å². The number of imidazole rings is 1. The van der Waals surface area contributed by atoms with E-state index in [4.69, 9.17) is 14.5 Å². The lowest BCUT2D eigenvalue weighted by atomic mass is 10.1. The van der Waals surface area contributed by atoms with Crippen LogP contribution in [-0.2, 0) is 11.3 Å². The van der Waals surface area contributed by atoms with Crippen LogP contribution in [0, 0.1) is 5.82 Å². The van der Waals surface area contributed by atoms with Crippen LogP contribution in [0.3, 0.4) is 0 Å². The Labute approximate surface area is 275 Å². The van der Waals surface area contributed by atoms with Gasteiger partial charge < -0.3 is 29.3 Å². The Balaban J connectivity index is 1.40. The summed E-state index contributed by atoms with van der Waals surface area (Å²) in [6.45, 7) is 3.39. The molecule has 248 valence electrons. The maximum atomic E-state index is 14.2. The number of methoxy groups -OCH3 is 2. The van der Waals surface area contributed by atoms with Crippen LogP contribution in [0.15, 0.2) is 90.2 Å². The van der Waals surface area contributed by atoms with Gasteiger partial charge in [0, 0.05) is 37.2 Å². The normalized spacial score (nSPS) is 13.7. The molecule has 0 spiro atoms. The SMILES string of the molecule is COc1ccc(N(C(=O)Nc2ccc(F)cc2)C(C)c2nc3ccccc3c(=O)n2N2CCN(C(=O)Cn3ccnc3)CC2)c(OC)c1. The van der Waals surface area contributed by atoms with Crippen LogP contribution in [0.5, 0.6) is 11.5 Å². The minimum Gasteiger partial charge on any atom is -0.497 e. The van der Waals surface area contributed by atoms with Gasteiger partial charge in [-0.05, 0) is 55.5 Å². The number of nitrogens with one attached hydrogen (secondary N) is 1. The van der Waals surface area contributed by atoms with Gasteiger partial charge in [0.15, 0.2) is 5.82 Å². The molecule has 0 radical (unpaired) electrons. The fraction of sp³-hybridized carbons (Fsp3) is 0.265. The van der Waals surface area contributed by atoms with E-state index >= 15 is 0 Å². The van der Waals surface area contributed by atoms with Gasteiger partial charge >= 0.3 is 6.03 Å². The van der Waals surface area contributed by atoms with Crippen molar-refractivity contribution >= 4 is 34.2 Å². The van der Waals surface area contributed by atoms with E-state index in [9.17, 15) is 18.8 Å². The number of hydrogen-bond donors (Lipinski definition) is 1. The number of carbonyl (C=O) groups excluding carboxylic acids is 2. The van der Waals surface area contributed by atoms with Crippen LogP contribution in [0.4, 0.5) is 20.6 Å². The first-order valence-corrected chi connectivity index (χ1v) is 15.4. The molecule has 3 aromatic carbocycles. The lowest BCUT2D eigenvalue weighted by Gasteiger charge is -2.39. The van der Waals surface area contributed by atoms with Crippen LogP contribution in [0.2, 0.25) is 0 Å². The number of urea groups is 1. The molecule has 1 unspecified atom stereocenters. The Morgan fingerprint density at radius 1 is 1.00 bits per heavy atom. The fourth-order valence-corrected chi connectivity index (χ4v) is 5.78. The zero-order valence-electron chi connectivity index (χ0n) is 26.7. The van der Waals surface area contributed by atoms with Gasteiger partial charge in [0.05, 0.1) is 56.3 Å². The molecule has 0 bridgehead atoms. The van der Waals surface area contributed by atoms with Crippen molar-refractivity contribution < 1.29 is 23.5 Å². The highest BCUT2D eigenvalue weighted by Gasteiger charge is 2.33. The maximum Gasteiger partial charge on any atom is 0.327 e. The maximum absolute atomic E-state index is 14.2. The lowest BCUT2D eigenvalue weighted by Crippen LogP contribution is -2.57. The van der Waals surface area contributed by atoms with E-state index < -0.39 is 17.9 Å². The summed E-state index contributed by atoms with van der Waals surface area (Å²) in [6, 6.07) is 16.1. The second-order valence-electron chi connectivity index (χ2n) is 11.2. The van der Waals surface area contributed by atoms with E-state index in [-0.39, 0.29) is 18.0 Å². The minimum absolute atomic E-state index is 0.0551. The minimum atomic E-state index is -0.842. The zero-order valence-corrected chi connectivity index (χ0v) is 26.7. The van der Waals surface area contributed by atoms with Gasteiger partial charge in [-0.3, -0.25) is 14.5 Å². The summed E-state index contributed by atoms with van der Waals surface area (Å²) in [5, 5.41) is 5.11. The molecule has 0 aliphatic carbocycles. The first kappa shape index (κ1) is 32.0. The smallest absolute Gasteiger partial charge is 0.327 e. The number of halogens is 1. The number of hydrogen-bond acceptors (Lipinski definition) is 8. The highest BCUT2D eigenvalue weighted by Crippen LogP contribution is 2.37. The summed E-state index contributed by atoms with van der Waals surface area (Å²) in [7, 11) is 3.01. The predicted octanol–water partition coefficient (Wildman–Crippen LogP) is 4.03. The molecule has 3 heterocycles. The summed E-state index contributed by atoms with van der Waals surface area (Å²) in [5.41, 5.74) is 0.914. The number of fused-ring (bicyclic) bond motifs is 1. The molecule has 1 fully saturated rings. The first-order chi connectivity index (χ1) is 23.3. The molecule has 1 aliphatic rings. The second-order valence-corrected chi connectivity index (χ2v) is 11.2. The average Bonchev–Trinajstić information content (AvgIpc) is 3.62. The average molecular weight is 655 g/mol. The van der Waals surface area contributed by atoms with Gasteiger partial charge in [-0.25, -0.2) is 23.8 Å². The Kier molecular flexibility index (Phi) is 9.23. The van der Waals surface area contributed by atoms with Crippen molar-refractivity contribution in [3.63, 3.8) is 0 Å². The summed E-state index contributed by atoms with van der Waals surface area (Å²) in [4.78, 5) is 53.6. The van der Waals surface area contributed by atoms with E-state index in [0.717, 1.165) is 0 Å². The molecule has 1 atom stereocenters. The van der Waals surface area contributed by atoms with Crippen molar-refractivity contribution in [2.75, 3.05) is 55.6 Å². The van der Waals surface area contributed by atoms with Gasteiger partial charge in [-0.15, -0.1) is 0 Å². The summed E-state index contributed by atoms with van der Waals surface area (Å²) in [6.07, 6.45) is 4.95. The number of carbonyl (C=O) groups is 2. The van der Waals surface area contributed by atoms with Crippen LogP contribution >= 0.6 is 0 Å². The monoisotopic (exact) mass is 654 g/mol. The first-order valence-electron chi connectivity index (χ1n) is 15.4. The van der Waals surface area contributed by atoms with Crippen molar-refractivity contribution in [2.24, 2.45) is 0 Å². The summed E-state index contributed by atoms with van der Waals surface area (Å²) >= 11 is 0. The molecule has 0 saturated carbocycles. The summed E-state index contributed by atoms with van der Waals surface area (Å²) in [5.74, 6) is 0.658. The predicted molar refractivity (Wildman–Crippen MR) is 179 cm³/mol. The van der Waals surface area contributed by atoms with E-state index in [1.165, 1.54) is 48.1 Å². The third-order valence-electron chi connectivity index (χ3n) is 8.27. The van der Waals surface area contributed by atoms with Crippen molar-refractivity contribution in [1.82, 2.24) is 24.1 Å². The molecule has 1 saturated heterocycles. The zero-order chi connectivity index (χ0) is 33.8. The van der Waals surface area contributed by atoms with Gasteiger partial charge in [-0.2, -0.15) is 0 Å². The topological polar surface area (TPSA) is 127 Å². The Morgan fingerprint density at radius 3 is 2.44 bits per heavy atom. The quantitative estimate of drug-likeness (QED) is 0.253. The number of anilines is 2. The molecular weight excluding hydrogens is 619 g/mol. The van der Waals surface area contributed by atoms with E-state index in [1.807, 2.05) is 5.01 Å². The van der Waals surface area contributed by atoms with Gasteiger partial charge in [0.25, 0.3) is 5.56 Å².